The Bertz CT molecular complexity index is 366. The molecule has 1 aromatic rings. The van der Waals surface area contributed by atoms with Crippen LogP contribution in [0.4, 0.5) is 0 Å². The molecular formula is C15H26N2O. The summed E-state index contributed by atoms with van der Waals surface area (Å²) < 4.78 is 2.06. The van der Waals surface area contributed by atoms with Gasteiger partial charge in [-0.3, -0.25) is 4.68 Å². The average molecular weight is 250 g/mol. The van der Waals surface area contributed by atoms with Gasteiger partial charge in [0.25, 0.3) is 0 Å². The van der Waals surface area contributed by atoms with Gasteiger partial charge in [-0.1, -0.05) is 26.2 Å². The molecule has 0 spiro atoms. The van der Waals surface area contributed by atoms with Crippen molar-refractivity contribution >= 4 is 0 Å². The zero-order chi connectivity index (χ0) is 13.0. The van der Waals surface area contributed by atoms with E-state index < -0.39 is 0 Å². The molecule has 0 saturated heterocycles. The number of hydrogen-bond acceptors (Lipinski definition) is 2. The monoisotopic (exact) mass is 250 g/mol. The van der Waals surface area contributed by atoms with Gasteiger partial charge in [0.2, 0.25) is 0 Å². The Hall–Kier alpha value is -0.830. The zero-order valence-corrected chi connectivity index (χ0v) is 11.7. The first-order chi connectivity index (χ1) is 8.69. The van der Waals surface area contributed by atoms with Gasteiger partial charge in [0.1, 0.15) is 0 Å². The van der Waals surface area contributed by atoms with E-state index in [1.165, 1.54) is 19.3 Å². The third-order valence-corrected chi connectivity index (χ3v) is 4.51. The predicted molar refractivity (Wildman–Crippen MR) is 73.5 cm³/mol. The average Bonchev–Trinajstić information content (AvgIpc) is 2.87. The summed E-state index contributed by atoms with van der Waals surface area (Å²) >= 11 is 0. The topological polar surface area (TPSA) is 38.0 Å². The summed E-state index contributed by atoms with van der Waals surface area (Å²) in [6.45, 7) is 4.69. The van der Waals surface area contributed by atoms with E-state index in [9.17, 15) is 5.11 Å². The number of aromatic nitrogens is 2. The lowest BCUT2D eigenvalue weighted by molar-refractivity contribution is 0.0812. The van der Waals surface area contributed by atoms with Crippen molar-refractivity contribution in [3.63, 3.8) is 0 Å². The molecule has 18 heavy (non-hydrogen) atoms. The van der Waals surface area contributed by atoms with Gasteiger partial charge in [0.05, 0.1) is 5.69 Å². The molecule has 0 radical (unpaired) electrons. The molecule has 2 rings (SSSR count). The van der Waals surface area contributed by atoms with E-state index in [-0.39, 0.29) is 5.41 Å². The predicted octanol–water partition coefficient (Wildman–Crippen LogP) is 3.34. The van der Waals surface area contributed by atoms with E-state index >= 15 is 0 Å². The fraction of sp³-hybridized carbons (Fsp3) is 0.800. The standard InChI is InChI=1S/C15H26N2O/c1-3-13(2)17-10-7-14(16-17)11-15(12-18)8-5-4-6-9-15/h7,10,13,18H,3-6,8-9,11-12H2,1-2H3. The molecule has 0 amide bonds. The maximum absolute atomic E-state index is 9.73. The minimum Gasteiger partial charge on any atom is -0.396 e. The van der Waals surface area contributed by atoms with Crippen molar-refractivity contribution in [1.29, 1.82) is 0 Å². The van der Waals surface area contributed by atoms with Crippen molar-refractivity contribution in [2.75, 3.05) is 6.61 Å². The van der Waals surface area contributed by atoms with Crippen LogP contribution in [0.25, 0.3) is 0 Å². The van der Waals surface area contributed by atoms with E-state index in [4.69, 9.17) is 0 Å². The molecule has 1 unspecified atom stereocenters. The molecule has 1 aromatic heterocycles. The molecule has 1 heterocycles. The Balaban J connectivity index is 2.05. The molecule has 1 aliphatic carbocycles. The fourth-order valence-electron chi connectivity index (χ4n) is 2.98. The van der Waals surface area contributed by atoms with E-state index in [0.29, 0.717) is 12.6 Å². The van der Waals surface area contributed by atoms with Gasteiger partial charge in [0, 0.05) is 18.8 Å². The molecule has 102 valence electrons. The molecule has 1 atom stereocenters. The molecule has 1 fully saturated rings. The fourth-order valence-corrected chi connectivity index (χ4v) is 2.98. The lowest BCUT2D eigenvalue weighted by Crippen LogP contribution is -2.31. The Morgan fingerprint density at radius 3 is 2.72 bits per heavy atom. The van der Waals surface area contributed by atoms with Crippen LogP contribution in [-0.4, -0.2) is 21.5 Å². The van der Waals surface area contributed by atoms with Crippen molar-refractivity contribution in [3.8, 4) is 0 Å². The first-order valence-electron chi connectivity index (χ1n) is 7.34. The number of aliphatic hydroxyl groups excluding tert-OH is 1. The Kier molecular flexibility index (Phi) is 4.44. The van der Waals surface area contributed by atoms with E-state index in [0.717, 1.165) is 31.4 Å². The number of nitrogens with zero attached hydrogens (tertiary/aromatic N) is 2. The third kappa shape index (κ3) is 2.94. The van der Waals surface area contributed by atoms with Crippen molar-refractivity contribution in [2.24, 2.45) is 5.41 Å². The molecule has 0 aromatic carbocycles. The highest BCUT2D eigenvalue weighted by atomic mass is 16.3. The second-order valence-electron chi connectivity index (χ2n) is 5.94. The van der Waals surface area contributed by atoms with Crippen molar-refractivity contribution in [1.82, 2.24) is 9.78 Å². The van der Waals surface area contributed by atoms with E-state index in [1.807, 2.05) is 0 Å². The zero-order valence-electron chi connectivity index (χ0n) is 11.7. The van der Waals surface area contributed by atoms with Crippen LogP contribution in [0.2, 0.25) is 0 Å². The summed E-state index contributed by atoms with van der Waals surface area (Å²) in [7, 11) is 0. The highest BCUT2D eigenvalue weighted by Crippen LogP contribution is 2.38. The van der Waals surface area contributed by atoms with Crippen LogP contribution in [0.1, 0.15) is 64.1 Å². The second-order valence-corrected chi connectivity index (χ2v) is 5.94. The minimum atomic E-state index is 0.104. The molecule has 0 aliphatic heterocycles. The lowest BCUT2D eigenvalue weighted by Gasteiger charge is -2.35. The highest BCUT2D eigenvalue weighted by Gasteiger charge is 2.32. The summed E-state index contributed by atoms with van der Waals surface area (Å²) in [5.74, 6) is 0. The smallest absolute Gasteiger partial charge is 0.0631 e. The summed E-state index contributed by atoms with van der Waals surface area (Å²) in [5.41, 5.74) is 1.25. The maximum atomic E-state index is 9.73. The molecule has 1 saturated carbocycles. The van der Waals surface area contributed by atoms with Crippen molar-refractivity contribution in [3.05, 3.63) is 18.0 Å². The molecule has 3 nitrogen and oxygen atoms in total. The number of hydrogen-bond donors (Lipinski definition) is 1. The molecule has 1 N–H and O–H groups in total. The summed E-state index contributed by atoms with van der Waals surface area (Å²) in [4.78, 5) is 0. The van der Waals surface area contributed by atoms with Crippen LogP contribution in [0, 0.1) is 5.41 Å². The van der Waals surface area contributed by atoms with Gasteiger partial charge in [-0.2, -0.15) is 5.10 Å². The molecule has 3 heteroatoms. The van der Waals surface area contributed by atoms with Crippen LogP contribution < -0.4 is 0 Å². The largest absolute Gasteiger partial charge is 0.396 e. The van der Waals surface area contributed by atoms with Crippen molar-refractivity contribution < 1.29 is 5.11 Å². The van der Waals surface area contributed by atoms with Gasteiger partial charge in [-0.25, -0.2) is 0 Å². The van der Waals surface area contributed by atoms with E-state index in [1.54, 1.807) is 0 Å². The van der Waals surface area contributed by atoms with Crippen molar-refractivity contribution in [2.45, 2.75) is 64.8 Å². The Morgan fingerprint density at radius 2 is 2.11 bits per heavy atom. The summed E-state index contributed by atoms with van der Waals surface area (Å²) in [6, 6.07) is 2.59. The number of aliphatic hydroxyl groups is 1. The first kappa shape index (κ1) is 13.6. The second kappa shape index (κ2) is 5.87. The summed E-state index contributed by atoms with van der Waals surface area (Å²) in [5, 5.41) is 14.4. The van der Waals surface area contributed by atoms with Crippen LogP contribution in [0.15, 0.2) is 12.3 Å². The van der Waals surface area contributed by atoms with Gasteiger partial charge in [-0.05, 0) is 44.1 Å². The molecular weight excluding hydrogens is 224 g/mol. The Labute approximate surface area is 110 Å². The van der Waals surface area contributed by atoms with Crippen LogP contribution in [0.3, 0.4) is 0 Å². The van der Waals surface area contributed by atoms with Crippen LogP contribution in [0.5, 0.6) is 0 Å². The van der Waals surface area contributed by atoms with Gasteiger partial charge in [0.15, 0.2) is 0 Å². The van der Waals surface area contributed by atoms with Gasteiger partial charge >= 0.3 is 0 Å². The minimum absolute atomic E-state index is 0.104. The molecule has 1 aliphatic rings. The van der Waals surface area contributed by atoms with Gasteiger partial charge < -0.3 is 5.11 Å². The van der Waals surface area contributed by atoms with Crippen LogP contribution in [-0.2, 0) is 6.42 Å². The lowest BCUT2D eigenvalue weighted by atomic mass is 9.72. The molecule has 0 bridgehead atoms. The quantitative estimate of drug-likeness (QED) is 0.870. The third-order valence-electron chi connectivity index (χ3n) is 4.51. The van der Waals surface area contributed by atoms with E-state index in [2.05, 4.69) is 35.9 Å². The van der Waals surface area contributed by atoms with Crippen LogP contribution >= 0.6 is 0 Å². The highest BCUT2D eigenvalue weighted by molar-refractivity contribution is 5.04. The normalized spacial score (nSPS) is 20.8. The Morgan fingerprint density at radius 1 is 1.39 bits per heavy atom. The first-order valence-corrected chi connectivity index (χ1v) is 7.34. The maximum Gasteiger partial charge on any atom is 0.0631 e. The summed E-state index contributed by atoms with van der Waals surface area (Å²) in [6.07, 6.45) is 10.3. The number of rotatable bonds is 5. The van der Waals surface area contributed by atoms with Gasteiger partial charge in [-0.15, -0.1) is 0 Å². The SMILES string of the molecule is CCC(C)n1ccc(CC2(CO)CCCCC2)n1.